The Morgan fingerprint density at radius 3 is 1.80 bits per heavy atom. The molecular weight excluding hydrogens is 256 g/mol. The van der Waals surface area contributed by atoms with Crippen molar-refractivity contribution in [2.75, 3.05) is 0 Å². The minimum Gasteiger partial charge on any atom is -0.480 e. The maximum absolute atomic E-state index is 12.5. The highest BCUT2D eigenvalue weighted by Crippen LogP contribution is 2.31. The Morgan fingerprint density at radius 1 is 0.850 bits per heavy atom. The van der Waals surface area contributed by atoms with Gasteiger partial charge in [-0.05, 0) is 25.7 Å². The summed E-state index contributed by atoms with van der Waals surface area (Å²) in [4.78, 5) is 24.2. The molecule has 0 aromatic heterocycles. The normalized spacial score (nSPS) is 25.4. The molecule has 0 saturated heterocycles. The number of aliphatic carboxylic acids is 1. The first kappa shape index (κ1) is 15.3. The smallest absolute Gasteiger partial charge is 0.329 e. The summed E-state index contributed by atoms with van der Waals surface area (Å²) in [6.07, 6.45) is 9.15. The van der Waals surface area contributed by atoms with Crippen LogP contribution in [-0.2, 0) is 9.59 Å². The lowest BCUT2D eigenvalue weighted by Crippen LogP contribution is -2.63. The zero-order valence-electron chi connectivity index (χ0n) is 12.1. The average Bonchev–Trinajstić information content (AvgIpc) is 2.66. The molecule has 114 valence electrons. The predicted octanol–water partition coefficient (Wildman–Crippen LogP) is 1.94. The van der Waals surface area contributed by atoms with E-state index in [0.29, 0.717) is 25.7 Å². The summed E-state index contributed by atoms with van der Waals surface area (Å²) in [7, 11) is 0. The van der Waals surface area contributed by atoms with Crippen LogP contribution >= 0.6 is 0 Å². The third-order valence-corrected chi connectivity index (χ3v) is 4.92. The molecule has 2 aliphatic rings. The molecule has 4 N–H and O–H groups in total. The van der Waals surface area contributed by atoms with E-state index in [1.54, 1.807) is 0 Å². The van der Waals surface area contributed by atoms with E-state index in [0.717, 1.165) is 44.9 Å². The second-order valence-corrected chi connectivity index (χ2v) is 6.47. The number of nitrogens with two attached hydrogens (primary N) is 1. The van der Waals surface area contributed by atoms with Gasteiger partial charge in [0.15, 0.2) is 0 Å². The lowest BCUT2D eigenvalue weighted by atomic mass is 9.80. The van der Waals surface area contributed by atoms with E-state index in [-0.39, 0.29) is 5.91 Å². The van der Waals surface area contributed by atoms with Crippen LogP contribution in [0.3, 0.4) is 0 Å². The fourth-order valence-electron chi connectivity index (χ4n) is 3.48. The van der Waals surface area contributed by atoms with Crippen LogP contribution in [0.15, 0.2) is 0 Å². The van der Waals surface area contributed by atoms with Crippen LogP contribution < -0.4 is 11.1 Å². The van der Waals surface area contributed by atoms with E-state index in [1.165, 1.54) is 0 Å². The Labute approximate surface area is 120 Å². The van der Waals surface area contributed by atoms with Crippen LogP contribution in [0.25, 0.3) is 0 Å². The Hall–Kier alpha value is -1.10. The van der Waals surface area contributed by atoms with Gasteiger partial charge in [-0.2, -0.15) is 0 Å². The van der Waals surface area contributed by atoms with Gasteiger partial charge in [0.25, 0.3) is 0 Å². The molecule has 0 bridgehead atoms. The minimum atomic E-state index is -1.10. The van der Waals surface area contributed by atoms with Gasteiger partial charge in [-0.15, -0.1) is 0 Å². The number of carboxylic acid groups (broad SMARTS) is 1. The van der Waals surface area contributed by atoms with Crippen molar-refractivity contribution in [1.82, 2.24) is 5.32 Å². The Morgan fingerprint density at radius 2 is 1.30 bits per heavy atom. The SMILES string of the molecule is NC1(C(=O)NC2(C(=O)O)CCCCCC2)CCCCC1. The van der Waals surface area contributed by atoms with Crippen molar-refractivity contribution in [3.63, 3.8) is 0 Å². The van der Waals surface area contributed by atoms with Crippen molar-refractivity contribution >= 4 is 11.9 Å². The molecule has 0 atom stereocenters. The molecular formula is C15H26N2O3. The molecule has 0 aliphatic heterocycles. The van der Waals surface area contributed by atoms with Gasteiger partial charge >= 0.3 is 5.97 Å². The fourth-order valence-corrected chi connectivity index (χ4v) is 3.48. The van der Waals surface area contributed by atoms with Crippen LogP contribution in [-0.4, -0.2) is 28.1 Å². The number of nitrogens with one attached hydrogen (secondary N) is 1. The Kier molecular flexibility index (Phi) is 4.68. The van der Waals surface area contributed by atoms with Gasteiger partial charge < -0.3 is 16.2 Å². The Bertz CT molecular complexity index is 367. The molecule has 2 fully saturated rings. The molecule has 5 heteroatoms. The first-order valence-electron chi connectivity index (χ1n) is 7.83. The number of rotatable bonds is 3. The van der Waals surface area contributed by atoms with Crippen molar-refractivity contribution in [2.45, 2.75) is 81.7 Å². The monoisotopic (exact) mass is 282 g/mol. The molecule has 0 radical (unpaired) electrons. The van der Waals surface area contributed by atoms with Gasteiger partial charge in [0.1, 0.15) is 5.54 Å². The number of carbonyl (C=O) groups excluding carboxylic acids is 1. The molecule has 2 rings (SSSR count). The number of carbonyl (C=O) groups is 2. The molecule has 2 aliphatic carbocycles. The van der Waals surface area contributed by atoms with Crippen molar-refractivity contribution in [2.24, 2.45) is 5.73 Å². The predicted molar refractivity (Wildman–Crippen MR) is 76.2 cm³/mol. The van der Waals surface area contributed by atoms with Crippen molar-refractivity contribution < 1.29 is 14.7 Å². The number of amides is 1. The van der Waals surface area contributed by atoms with Crippen LogP contribution in [0.1, 0.15) is 70.6 Å². The lowest BCUT2D eigenvalue weighted by molar-refractivity contribution is -0.149. The Balaban J connectivity index is 2.11. The standard InChI is InChI=1S/C15H26N2O3/c16-14(8-4-3-5-9-14)12(18)17-15(13(19)20)10-6-1-2-7-11-15/h1-11,16H2,(H,17,18)(H,19,20). The van der Waals surface area contributed by atoms with E-state index in [4.69, 9.17) is 5.73 Å². The average molecular weight is 282 g/mol. The highest BCUT2D eigenvalue weighted by molar-refractivity contribution is 5.92. The van der Waals surface area contributed by atoms with Crippen molar-refractivity contribution in [3.05, 3.63) is 0 Å². The molecule has 0 spiro atoms. The summed E-state index contributed by atoms with van der Waals surface area (Å²) in [5.41, 5.74) is 4.25. The van der Waals surface area contributed by atoms with Gasteiger partial charge in [-0.3, -0.25) is 4.79 Å². The molecule has 5 nitrogen and oxygen atoms in total. The summed E-state index contributed by atoms with van der Waals surface area (Å²) in [6.45, 7) is 0. The number of carboxylic acids is 1. The minimum absolute atomic E-state index is 0.262. The zero-order chi connectivity index (χ0) is 14.6. The van der Waals surface area contributed by atoms with E-state index in [1.807, 2.05) is 0 Å². The summed E-state index contributed by atoms with van der Waals surface area (Å²) < 4.78 is 0. The highest BCUT2D eigenvalue weighted by atomic mass is 16.4. The van der Waals surface area contributed by atoms with E-state index in [2.05, 4.69) is 5.32 Å². The van der Waals surface area contributed by atoms with Crippen LogP contribution in [0.2, 0.25) is 0 Å². The van der Waals surface area contributed by atoms with E-state index in [9.17, 15) is 14.7 Å². The second-order valence-electron chi connectivity index (χ2n) is 6.47. The molecule has 0 heterocycles. The molecule has 1 amide bonds. The van der Waals surface area contributed by atoms with Gasteiger partial charge in [0.2, 0.25) is 5.91 Å². The van der Waals surface area contributed by atoms with Gasteiger partial charge in [-0.1, -0.05) is 44.9 Å². The van der Waals surface area contributed by atoms with Crippen molar-refractivity contribution in [3.8, 4) is 0 Å². The van der Waals surface area contributed by atoms with Crippen molar-refractivity contribution in [1.29, 1.82) is 0 Å². The summed E-state index contributed by atoms with van der Waals surface area (Å²) in [5, 5.41) is 12.4. The molecule has 0 aromatic carbocycles. The molecule has 20 heavy (non-hydrogen) atoms. The largest absolute Gasteiger partial charge is 0.480 e. The van der Waals surface area contributed by atoms with Gasteiger partial charge in [0, 0.05) is 0 Å². The van der Waals surface area contributed by atoms with Gasteiger partial charge in [-0.25, -0.2) is 4.79 Å². The second kappa shape index (κ2) is 6.12. The van der Waals surface area contributed by atoms with E-state index < -0.39 is 17.0 Å². The fraction of sp³-hybridized carbons (Fsp3) is 0.867. The maximum Gasteiger partial charge on any atom is 0.329 e. The molecule has 0 aromatic rings. The zero-order valence-corrected chi connectivity index (χ0v) is 12.1. The topological polar surface area (TPSA) is 92.4 Å². The lowest BCUT2D eigenvalue weighted by Gasteiger charge is -2.37. The molecule has 0 unspecified atom stereocenters. The third-order valence-electron chi connectivity index (χ3n) is 4.92. The third kappa shape index (κ3) is 3.14. The van der Waals surface area contributed by atoms with Crippen LogP contribution in [0.5, 0.6) is 0 Å². The van der Waals surface area contributed by atoms with Gasteiger partial charge in [0.05, 0.1) is 5.54 Å². The summed E-state index contributed by atoms with van der Waals surface area (Å²) in [5.74, 6) is -1.17. The first-order valence-corrected chi connectivity index (χ1v) is 7.83. The van der Waals surface area contributed by atoms with Crippen LogP contribution in [0.4, 0.5) is 0 Å². The highest BCUT2D eigenvalue weighted by Gasteiger charge is 2.44. The summed E-state index contributed by atoms with van der Waals surface area (Å²) in [6, 6.07) is 0. The van der Waals surface area contributed by atoms with Crippen LogP contribution in [0, 0.1) is 0 Å². The maximum atomic E-state index is 12.5. The first-order chi connectivity index (χ1) is 9.49. The number of hydrogen-bond donors (Lipinski definition) is 3. The quantitative estimate of drug-likeness (QED) is 0.690. The van der Waals surface area contributed by atoms with E-state index >= 15 is 0 Å². The summed E-state index contributed by atoms with van der Waals surface area (Å²) >= 11 is 0. The number of hydrogen-bond acceptors (Lipinski definition) is 3. The molecule has 2 saturated carbocycles.